The number of nitrogens with one attached hydrogen (secondary N) is 2. The predicted octanol–water partition coefficient (Wildman–Crippen LogP) is 3.48. The molecule has 0 bridgehead atoms. The molecule has 1 heterocycles. The lowest BCUT2D eigenvalue weighted by molar-refractivity contribution is -0.120. The van der Waals surface area contributed by atoms with Crippen LogP contribution in [0.2, 0.25) is 0 Å². The molecule has 1 aliphatic carbocycles. The number of benzene rings is 1. The Kier molecular flexibility index (Phi) is 6.20. The highest BCUT2D eigenvalue weighted by molar-refractivity contribution is 7.90. The molecule has 3 rings (SSSR count). The highest BCUT2D eigenvalue weighted by Gasteiger charge is 2.29. The Morgan fingerprint density at radius 2 is 1.79 bits per heavy atom. The van der Waals surface area contributed by atoms with Crippen molar-refractivity contribution in [2.45, 2.75) is 57.7 Å². The highest BCUT2D eigenvalue weighted by Crippen LogP contribution is 2.27. The van der Waals surface area contributed by atoms with Crippen molar-refractivity contribution in [2.75, 3.05) is 5.32 Å². The summed E-state index contributed by atoms with van der Waals surface area (Å²) in [6.45, 7) is 5.17. The van der Waals surface area contributed by atoms with Crippen molar-refractivity contribution in [2.24, 2.45) is 5.92 Å². The molecule has 1 aliphatic rings. The number of sulfonamides is 1. The van der Waals surface area contributed by atoms with E-state index in [9.17, 15) is 13.2 Å². The minimum absolute atomic E-state index is 0.0233. The summed E-state index contributed by atoms with van der Waals surface area (Å²) >= 11 is 0. The topological polar surface area (TPSA) is 101 Å². The largest absolute Gasteiger partial charge is 0.441 e. The van der Waals surface area contributed by atoms with E-state index in [0.717, 1.165) is 17.0 Å². The van der Waals surface area contributed by atoms with Gasteiger partial charge in [-0.1, -0.05) is 0 Å². The van der Waals surface area contributed by atoms with Gasteiger partial charge < -0.3 is 9.73 Å². The number of amides is 1. The zero-order valence-electron chi connectivity index (χ0n) is 16.4. The number of carbonyl (C=O) groups is 1. The van der Waals surface area contributed by atoms with Crippen LogP contribution in [0.4, 0.5) is 5.69 Å². The minimum atomic E-state index is -3.27. The van der Waals surface area contributed by atoms with Crippen molar-refractivity contribution in [1.82, 2.24) is 9.71 Å². The maximum Gasteiger partial charge on any atom is 0.227 e. The Labute approximate surface area is 166 Å². The second-order valence-corrected chi connectivity index (χ2v) is 9.87. The normalized spacial score (nSPS) is 20.3. The molecule has 1 amide bonds. The van der Waals surface area contributed by atoms with Gasteiger partial charge >= 0.3 is 0 Å². The van der Waals surface area contributed by atoms with Crippen LogP contribution >= 0.6 is 0 Å². The summed E-state index contributed by atoms with van der Waals surface area (Å²) in [6.07, 6.45) is 4.36. The number of hydrogen-bond donors (Lipinski definition) is 2. The first-order valence-electron chi connectivity index (χ1n) is 9.59. The number of aromatic nitrogens is 1. The molecule has 28 heavy (non-hydrogen) atoms. The zero-order valence-corrected chi connectivity index (χ0v) is 17.3. The third-order valence-corrected chi connectivity index (χ3v) is 6.97. The first-order chi connectivity index (χ1) is 13.2. The van der Waals surface area contributed by atoms with Gasteiger partial charge in [-0.2, -0.15) is 0 Å². The van der Waals surface area contributed by atoms with Crippen molar-refractivity contribution in [3.63, 3.8) is 0 Å². The van der Waals surface area contributed by atoms with E-state index >= 15 is 0 Å². The average Bonchev–Trinajstić information content (AvgIpc) is 3.09. The number of carbonyl (C=O) groups excluding carboxylic acids is 1. The quantitative estimate of drug-likeness (QED) is 0.766. The number of anilines is 1. The van der Waals surface area contributed by atoms with Crippen molar-refractivity contribution in [3.05, 3.63) is 36.2 Å². The van der Waals surface area contributed by atoms with Crippen LogP contribution in [0.3, 0.4) is 0 Å². The van der Waals surface area contributed by atoms with Gasteiger partial charge in [0.15, 0.2) is 0 Å². The lowest BCUT2D eigenvalue weighted by Crippen LogP contribution is -2.42. The van der Waals surface area contributed by atoms with E-state index in [2.05, 4.69) is 15.0 Å². The van der Waals surface area contributed by atoms with Crippen LogP contribution in [-0.4, -0.2) is 30.6 Å². The molecule has 2 N–H and O–H groups in total. The number of nitrogens with zero attached hydrogens (tertiary/aromatic N) is 1. The molecule has 0 radical (unpaired) electrons. The van der Waals surface area contributed by atoms with E-state index in [4.69, 9.17) is 4.42 Å². The van der Waals surface area contributed by atoms with Crippen LogP contribution < -0.4 is 10.0 Å². The Morgan fingerprint density at radius 1 is 1.14 bits per heavy atom. The average molecular weight is 406 g/mol. The van der Waals surface area contributed by atoms with Gasteiger partial charge in [-0.25, -0.2) is 18.1 Å². The second kappa shape index (κ2) is 8.45. The maximum atomic E-state index is 12.5. The first-order valence-corrected chi connectivity index (χ1v) is 11.1. The van der Waals surface area contributed by atoms with Crippen LogP contribution in [0.15, 0.2) is 34.9 Å². The molecule has 1 aromatic carbocycles. The molecule has 0 aliphatic heterocycles. The van der Waals surface area contributed by atoms with Gasteiger partial charge in [0.1, 0.15) is 5.76 Å². The molecule has 1 fully saturated rings. The van der Waals surface area contributed by atoms with Gasteiger partial charge in [-0.15, -0.1) is 0 Å². The lowest BCUT2D eigenvalue weighted by atomic mass is 9.86. The summed E-state index contributed by atoms with van der Waals surface area (Å²) < 4.78 is 32.2. The van der Waals surface area contributed by atoms with E-state index in [1.165, 1.54) is 0 Å². The van der Waals surface area contributed by atoms with Gasteiger partial charge in [-0.05, 0) is 70.7 Å². The fourth-order valence-electron chi connectivity index (χ4n) is 3.27. The summed E-state index contributed by atoms with van der Waals surface area (Å²) in [6, 6.07) is 7.29. The van der Waals surface area contributed by atoms with Crippen LogP contribution in [0, 0.1) is 12.8 Å². The number of rotatable bonds is 6. The Hall–Kier alpha value is -2.19. The molecule has 0 unspecified atom stereocenters. The molecular weight excluding hydrogens is 378 g/mol. The van der Waals surface area contributed by atoms with E-state index < -0.39 is 15.3 Å². The third kappa shape index (κ3) is 4.99. The van der Waals surface area contributed by atoms with Gasteiger partial charge in [0.05, 0.1) is 11.4 Å². The van der Waals surface area contributed by atoms with Crippen LogP contribution in [-0.2, 0) is 14.8 Å². The van der Waals surface area contributed by atoms with E-state index in [-0.39, 0.29) is 17.9 Å². The third-order valence-electron chi connectivity index (χ3n) is 5.07. The SMILES string of the molecule is Cc1cnc(-c2ccc(NC(=O)[C@H]3CC[C@H](NS(=O)(=O)C(C)C)CC3)cc2)o1. The monoisotopic (exact) mass is 405 g/mol. The minimum Gasteiger partial charge on any atom is -0.441 e. The Morgan fingerprint density at radius 3 is 2.32 bits per heavy atom. The van der Waals surface area contributed by atoms with Crippen molar-refractivity contribution >= 4 is 21.6 Å². The molecule has 0 spiro atoms. The van der Waals surface area contributed by atoms with Crippen LogP contribution in [0.25, 0.3) is 11.5 Å². The second-order valence-electron chi connectivity index (χ2n) is 7.60. The van der Waals surface area contributed by atoms with Crippen LogP contribution in [0.1, 0.15) is 45.3 Å². The maximum absolute atomic E-state index is 12.5. The van der Waals surface area contributed by atoms with Crippen molar-refractivity contribution in [1.29, 1.82) is 0 Å². The summed E-state index contributed by atoms with van der Waals surface area (Å²) in [4.78, 5) is 16.7. The lowest BCUT2D eigenvalue weighted by Gasteiger charge is -2.28. The van der Waals surface area contributed by atoms with E-state index in [0.29, 0.717) is 31.6 Å². The van der Waals surface area contributed by atoms with E-state index in [1.54, 1.807) is 20.0 Å². The Balaban J connectivity index is 1.52. The predicted molar refractivity (Wildman–Crippen MR) is 108 cm³/mol. The fourth-order valence-corrected chi connectivity index (χ4v) is 4.24. The van der Waals surface area contributed by atoms with Gasteiger partial charge in [-0.3, -0.25) is 4.79 Å². The number of oxazole rings is 1. The van der Waals surface area contributed by atoms with Gasteiger partial charge in [0.25, 0.3) is 0 Å². The number of aryl methyl sites for hydroxylation is 1. The van der Waals surface area contributed by atoms with Crippen molar-refractivity contribution < 1.29 is 17.6 Å². The molecule has 0 atom stereocenters. The van der Waals surface area contributed by atoms with E-state index in [1.807, 2.05) is 31.2 Å². The highest BCUT2D eigenvalue weighted by atomic mass is 32.2. The van der Waals surface area contributed by atoms with Crippen molar-refractivity contribution in [3.8, 4) is 11.5 Å². The standard InChI is InChI=1S/C20H27N3O4S/c1-13(2)28(25,26)23-18-10-4-15(5-11-18)19(24)22-17-8-6-16(7-9-17)20-21-12-14(3)27-20/h6-9,12-13,15,18,23H,4-5,10-11H2,1-3H3,(H,22,24)/t15-,18-. The molecule has 1 saturated carbocycles. The zero-order chi connectivity index (χ0) is 20.3. The summed E-state index contributed by atoms with van der Waals surface area (Å²) in [5.41, 5.74) is 1.57. The molecule has 2 aromatic rings. The fraction of sp³-hybridized carbons (Fsp3) is 0.500. The molecule has 0 saturated heterocycles. The Bertz CT molecular complexity index is 911. The first kappa shape index (κ1) is 20.5. The van der Waals surface area contributed by atoms with Gasteiger partial charge in [0, 0.05) is 23.2 Å². The summed E-state index contributed by atoms with van der Waals surface area (Å²) in [5.74, 6) is 1.18. The summed E-state index contributed by atoms with van der Waals surface area (Å²) in [5, 5.41) is 2.50. The van der Waals surface area contributed by atoms with Crippen LogP contribution in [0.5, 0.6) is 0 Å². The molecule has 8 heteroatoms. The summed E-state index contributed by atoms with van der Waals surface area (Å²) in [7, 11) is -3.27. The van der Waals surface area contributed by atoms with Gasteiger partial charge in [0.2, 0.25) is 21.8 Å². The smallest absolute Gasteiger partial charge is 0.227 e. The molecule has 1 aromatic heterocycles. The molecule has 152 valence electrons. The molecular formula is C20H27N3O4S. The number of hydrogen-bond acceptors (Lipinski definition) is 5. The molecule has 7 nitrogen and oxygen atoms in total.